The first-order valence-electron chi connectivity index (χ1n) is 5.67. The molecule has 0 aliphatic rings. The molecular formula is C14H14ClNOS. The summed E-state index contributed by atoms with van der Waals surface area (Å²) in [6, 6.07) is 11.5. The maximum atomic E-state index is 9.52. The minimum Gasteiger partial charge on any atom is -0.389 e. The Balaban J connectivity index is 2.07. The van der Waals surface area contributed by atoms with Crippen LogP contribution in [0.15, 0.2) is 47.6 Å². The van der Waals surface area contributed by atoms with Crippen molar-refractivity contribution in [2.75, 3.05) is 0 Å². The first kappa shape index (κ1) is 13.4. The molecule has 1 atom stereocenters. The van der Waals surface area contributed by atoms with Gasteiger partial charge < -0.3 is 5.11 Å². The maximum Gasteiger partial charge on any atom is 0.0966 e. The number of aliphatic hydroxyl groups is 1. The summed E-state index contributed by atoms with van der Waals surface area (Å²) in [5, 5.41) is 11.2. The average Bonchev–Trinajstić information content (AvgIpc) is 2.38. The summed E-state index contributed by atoms with van der Waals surface area (Å²) in [5.74, 6) is 0.774. The van der Waals surface area contributed by atoms with Crippen molar-refractivity contribution in [3.05, 3.63) is 58.7 Å². The Bertz CT molecular complexity index is 531. The summed E-state index contributed by atoms with van der Waals surface area (Å²) < 4.78 is 0. The molecule has 18 heavy (non-hydrogen) atoms. The summed E-state index contributed by atoms with van der Waals surface area (Å²) >= 11 is 7.71. The molecule has 1 aromatic heterocycles. The molecule has 0 saturated carbocycles. The van der Waals surface area contributed by atoms with E-state index in [1.165, 1.54) is 0 Å². The van der Waals surface area contributed by atoms with Gasteiger partial charge in [-0.3, -0.25) is 0 Å². The number of rotatable bonds is 4. The van der Waals surface area contributed by atoms with Gasteiger partial charge in [-0.05, 0) is 36.2 Å². The van der Waals surface area contributed by atoms with E-state index >= 15 is 0 Å². The molecule has 1 N–H and O–H groups in total. The molecular weight excluding hydrogens is 266 g/mol. The smallest absolute Gasteiger partial charge is 0.0966 e. The van der Waals surface area contributed by atoms with E-state index in [9.17, 15) is 5.11 Å². The predicted octanol–water partition coefficient (Wildman–Crippen LogP) is 4.08. The van der Waals surface area contributed by atoms with Crippen molar-refractivity contribution in [3.63, 3.8) is 0 Å². The molecule has 0 saturated heterocycles. The second-order valence-corrected chi connectivity index (χ2v) is 5.39. The van der Waals surface area contributed by atoms with E-state index < -0.39 is 6.10 Å². The van der Waals surface area contributed by atoms with Crippen LogP contribution in [-0.4, -0.2) is 10.1 Å². The number of halogens is 1. The van der Waals surface area contributed by atoms with Crippen LogP contribution in [0.4, 0.5) is 0 Å². The van der Waals surface area contributed by atoms with Gasteiger partial charge in [0.05, 0.1) is 11.1 Å². The summed E-state index contributed by atoms with van der Waals surface area (Å²) in [6.45, 7) is 1.75. The van der Waals surface area contributed by atoms with Crippen LogP contribution in [0.2, 0.25) is 5.02 Å². The van der Waals surface area contributed by atoms with Crippen molar-refractivity contribution >= 4 is 23.4 Å². The lowest BCUT2D eigenvalue weighted by atomic mass is 10.2. The Labute approximate surface area is 116 Å². The van der Waals surface area contributed by atoms with Gasteiger partial charge >= 0.3 is 0 Å². The van der Waals surface area contributed by atoms with Gasteiger partial charge in [-0.2, -0.15) is 0 Å². The third-order valence-electron chi connectivity index (χ3n) is 2.57. The van der Waals surface area contributed by atoms with E-state index in [1.54, 1.807) is 24.9 Å². The van der Waals surface area contributed by atoms with Gasteiger partial charge in [-0.1, -0.05) is 29.8 Å². The zero-order valence-corrected chi connectivity index (χ0v) is 11.6. The van der Waals surface area contributed by atoms with Gasteiger partial charge in [0, 0.05) is 17.0 Å². The Morgan fingerprint density at radius 2 is 2.11 bits per heavy atom. The largest absolute Gasteiger partial charge is 0.389 e. The summed E-state index contributed by atoms with van der Waals surface area (Å²) in [5.41, 5.74) is 1.97. The number of aliphatic hydroxyl groups excluding tert-OH is 1. The molecule has 0 fully saturated rings. The number of benzene rings is 1. The minimum atomic E-state index is -0.465. The lowest BCUT2D eigenvalue weighted by molar-refractivity contribution is 0.199. The van der Waals surface area contributed by atoms with E-state index in [1.807, 2.05) is 36.4 Å². The molecule has 2 aromatic rings. The maximum absolute atomic E-state index is 9.52. The van der Waals surface area contributed by atoms with Crippen molar-refractivity contribution in [1.82, 2.24) is 4.98 Å². The second-order valence-electron chi connectivity index (χ2n) is 3.98. The lowest BCUT2D eigenvalue weighted by Gasteiger charge is -2.07. The van der Waals surface area contributed by atoms with Gasteiger partial charge in [0.15, 0.2) is 0 Å². The van der Waals surface area contributed by atoms with E-state index in [0.717, 1.165) is 26.9 Å². The van der Waals surface area contributed by atoms with Gasteiger partial charge in [0.2, 0.25) is 0 Å². The number of pyridine rings is 1. The molecule has 4 heteroatoms. The third kappa shape index (κ3) is 3.48. The van der Waals surface area contributed by atoms with E-state index in [4.69, 9.17) is 11.6 Å². The molecule has 0 unspecified atom stereocenters. The van der Waals surface area contributed by atoms with Crippen molar-refractivity contribution < 1.29 is 5.11 Å². The number of hydrogen-bond donors (Lipinski definition) is 1. The van der Waals surface area contributed by atoms with E-state index in [2.05, 4.69) is 4.98 Å². The lowest BCUT2D eigenvalue weighted by Crippen LogP contribution is -1.92. The van der Waals surface area contributed by atoms with Crippen LogP contribution in [0.5, 0.6) is 0 Å². The molecule has 0 spiro atoms. The fourth-order valence-corrected chi connectivity index (χ4v) is 2.72. The van der Waals surface area contributed by atoms with Gasteiger partial charge in [0.1, 0.15) is 0 Å². The van der Waals surface area contributed by atoms with E-state index in [0.29, 0.717) is 0 Å². The van der Waals surface area contributed by atoms with Crippen LogP contribution < -0.4 is 0 Å². The van der Waals surface area contributed by atoms with Gasteiger partial charge in [-0.15, -0.1) is 11.8 Å². The molecule has 0 bridgehead atoms. The summed E-state index contributed by atoms with van der Waals surface area (Å²) in [4.78, 5) is 4.28. The molecule has 0 aliphatic carbocycles. The van der Waals surface area contributed by atoms with Crippen molar-refractivity contribution in [2.45, 2.75) is 23.8 Å². The zero-order valence-electron chi connectivity index (χ0n) is 10.0. The topological polar surface area (TPSA) is 33.1 Å². The highest BCUT2D eigenvalue weighted by Gasteiger charge is 2.05. The molecule has 2 rings (SSSR count). The molecule has 0 radical (unpaired) electrons. The first-order chi connectivity index (χ1) is 8.66. The minimum absolute atomic E-state index is 0.465. The second kappa shape index (κ2) is 6.23. The zero-order chi connectivity index (χ0) is 13.0. The normalized spacial score (nSPS) is 12.4. The molecule has 0 aliphatic heterocycles. The Morgan fingerprint density at radius 3 is 2.83 bits per heavy atom. The first-order valence-corrected chi connectivity index (χ1v) is 7.03. The number of aromatic nitrogens is 1. The fraction of sp³-hybridized carbons (Fsp3) is 0.214. The Morgan fingerprint density at radius 1 is 1.33 bits per heavy atom. The van der Waals surface area contributed by atoms with Crippen LogP contribution in [0.3, 0.4) is 0 Å². The van der Waals surface area contributed by atoms with Crippen LogP contribution in [0, 0.1) is 0 Å². The van der Waals surface area contributed by atoms with Gasteiger partial charge in [-0.25, -0.2) is 4.98 Å². The quantitative estimate of drug-likeness (QED) is 0.856. The highest BCUT2D eigenvalue weighted by molar-refractivity contribution is 7.98. The van der Waals surface area contributed by atoms with Crippen molar-refractivity contribution in [3.8, 4) is 0 Å². The average molecular weight is 280 g/mol. The molecule has 2 nitrogen and oxygen atoms in total. The highest BCUT2D eigenvalue weighted by Crippen LogP contribution is 2.26. The van der Waals surface area contributed by atoms with Gasteiger partial charge in [0.25, 0.3) is 0 Å². The fourth-order valence-electron chi connectivity index (χ4n) is 1.53. The summed E-state index contributed by atoms with van der Waals surface area (Å²) in [7, 11) is 0. The van der Waals surface area contributed by atoms with Crippen molar-refractivity contribution in [1.29, 1.82) is 0 Å². The number of hydrogen-bond acceptors (Lipinski definition) is 3. The number of thioether (sulfide) groups is 1. The van der Waals surface area contributed by atoms with Crippen LogP contribution >= 0.6 is 23.4 Å². The molecule has 1 aromatic carbocycles. The molecule has 1 heterocycles. The Hall–Kier alpha value is -1.03. The highest BCUT2D eigenvalue weighted by atomic mass is 35.5. The standard InChI is InChI=1S/C14H14ClNOS/c1-10(17)11-6-7-16-14(8-11)18-9-12-4-2-3-5-13(12)15/h2-8,10,17H,9H2,1H3/t10-/m1/s1. The van der Waals surface area contributed by atoms with E-state index in [-0.39, 0.29) is 0 Å². The predicted molar refractivity (Wildman–Crippen MR) is 75.9 cm³/mol. The summed E-state index contributed by atoms with van der Waals surface area (Å²) in [6.07, 6.45) is 1.25. The SMILES string of the molecule is C[C@@H](O)c1ccnc(SCc2ccccc2Cl)c1. The molecule has 0 amide bonds. The number of nitrogens with zero attached hydrogens (tertiary/aromatic N) is 1. The third-order valence-corrected chi connectivity index (χ3v) is 3.92. The molecule has 94 valence electrons. The van der Waals surface area contributed by atoms with Crippen LogP contribution in [0.1, 0.15) is 24.2 Å². The van der Waals surface area contributed by atoms with Crippen LogP contribution in [0.25, 0.3) is 0 Å². The Kier molecular flexibility index (Phi) is 4.64. The van der Waals surface area contributed by atoms with Crippen molar-refractivity contribution in [2.24, 2.45) is 0 Å². The monoisotopic (exact) mass is 279 g/mol. The van der Waals surface area contributed by atoms with Crippen LogP contribution in [-0.2, 0) is 5.75 Å².